The number of rotatable bonds is 4. The van der Waals surface area contributed by atoms with Crippen LogP contribution in [0.5, 0.6) is 0 Å². The van der Waals surface area contributed by atoms with Gasteiger partial charge in [0.2, 0.25) is 0 Å². The Kier molecular flexibility index (Phi) is 6.32. The molecule has 0 nitrogen and oxygen atoms in total. The van der Waals surface area contributed by atoms with E-state index in [2.05, 4.69) is 19.9 Å². The molecule has 0 aromatic carbocycles. The Hall–Kier alpha value is -0.590. The van der Waals surface area contributed by atoms with Gasteiger partial charge in [-0.1, -0.05) is 37.5 Å². The molecule has 0 atom stereocenters. The zero-order chi connectivity index (χ0) is 14.4. The zero-order valence-electron chi connectivity index (χ0n) is 13.3. The van der Waals surface area contributed by atoms with Crippen molar-refractivity contribution in [2.45, 2.75) is 71.6 Å². The lowest BCUT2D eigenvalue weighted by Gasteiger charge is -2.30. The highest BCUT2D eigenvalue weighted by Gasteiger charge is 2.22. The number of hydrogen-bond acceptors (Lipinski definition) is 0. The van der Waals surface area contributed by atoms with Gasteiger partial charge >= 0.3 is 0 Å². The van der Waals surface area contributed by atoms with Gasteiger partial charge in [0.15, 0.2) is 0 Å². The summed E-state index contributed by atoms with van der Waals surface area (Å²) in [6.07, 6.45) is 16.7. The average molecular weight is 278 g/mol. The third-order valence-corrected chi connectivity index (χ3v) is 5.61. The fourth-order valence-electron chi connectivity index (χ4n) is 4.06. The summed E-state index contributed by atoms with van der Waals surface area (Å²) in [4.78, 5) is 0. The molecule has 0 bridgehead atoms. The second-order valence-corrected chi connectivity index (χ2v) is 7.25. The first-order chi connectivity index (χ1) is 9.69. The topological polar surface area (TPSA) is 0 Å². The SMILES string of the molecule is CC(=CC1CCC(C/C=C/F)CC1)C1CCC(C)CC1. The Morgan fingerprint density at radius 3 is 2.25 bits per heavy atom. The lowest BCUT2D eigenvalue weighted by atomic mass is 9.76. The van der Waals surface area contributed by atoms with Gasteiger partial charge in [0.05, 0.1) is 6.33 Å². The highest BCUT2D eigenvalue weighted by Crippen LogP contribution is 2.36. The largest absolute Gasteiger partial charge is 0.216 e. The Balaban J connectivity index is 1.77. The summed E-state index contributed by atoms with van der Waals surface area (Å²) in [5.41, 5.74) is 1.66. The second-order valence-electron chi connectivity index (χ2n) is 7.25. The van der Waals surface area contributed by atoms with Crippen LogP contribution in [-0.2, 0) is 0 Å². The minimum atomic E-state index is 0.709. The van der Waals surface area contributed by atoms with E-state index in [0.717, 1.165) is 30.1 Å². The van der Waals surface area contributed by atoms with E-state index < -0.39 is 0 Å². The van der Waals surface area contributed by atoms with E-state index in [1.807, 2.05) is 0 Å². The lowest BCUT2D eigenvalue weighted by Crippen LogP contribution is -2.16. The van der Waals surface area contributed by atoms with Crippen LogP contribution < -0.4 is 0 Å². The van der Waals surface area contributed by atoms with Crippen molar-refractivity contribution in [3.63, 3.8) is 0 Å². The summed E-state index contributed by atoms with van der Waals surface area (Å²) >= 11 is 0. The van der Waals surface area contributed by atoms with Gasteiger partial charge in [-0.05, 0) is 75.5 Å². The van der Waals surface area contributed by atoms with Crippen LogP contribution in [-0.4, -0.2) is 0 Å². The standard InChI is InChI=1S/C19H31F/c1-15-5-11-19(12-6-15)16(2)14-18-9-7-17(8-10-18)4-3-13-20/h3,13-15,17-19H,4-12H2,1-2H3/b13-3+,16-14?. The molecule has 20 heavy (non-hydrogen) atoms. The molecule has 0 aliphatic heterocycles. The smallest absolute Gasteiger partial charge is 0.0827 e. The monoisotopic (exact) mass is 278 g/mol. The van der Waals surface area contributed by atoms with Gasteiger partial charge in [-0.15, -0.1) is 0 Å². The van der Waals surface area contributed by atoms with Gasteiger partial charge in [-0.2, -0.15) is 0 Å². The lowest BCUT2D eigenvalue weighted by molar-refractivity contribution is 0.301. The number of halogens is 1. The predicted molar refractivity (Wildman–Crippen MR) is 85.2 cm³/mol. The van der Waals surface area contributed by atoms with Gasteiger partial charge in [-0.25, -0.2) is 4.39 Å². The first-order valence-corrected chi connectivity index (χ1v) is 8.62. The average Bonchev–Trinajstić information content (AvgIpc) is 2.47. The van der Waals surface area contributed by atoms with E-state index >= 15 is 0 Å². The van der Waals surface area contributed by atoms with Gasteiger partial charge < -0.3 is 0 Å². The van der Waals surface area contributed by atoms with Crippen molar-refractivity contribution in [3.8, 4) is 0 Å². The molecule has 0 N–H and O–H groups in total. The van der Waals surface area contributed by atoms with E-state index in [9.17, 15) is 4.39 Å². The first kappa shape index (κ1) is 15.8. The van der Waals surface area contributed by atoms with Gasteiger partial charge in [0.1, 0.15) is 0 Å². The van der Waals surface area contributed by atoms with Crippen LogP contribution in [0.15, 0.2) is 24.1 Å². The molecule has 0 unspecified atom stereocenters. The van der Waals surface area contributed by atoms with E-state index in [0.29, 0.717) is 6.33 Å². The maximum atomic E-state index is 12.0. The summed E-state index contributed by atoms with van der Waals surface area (Å²) in [5, 5.41) is 0. The van der Waals surface area contributed by atoms with Gasteiger partial charge in [-0.3, -0.25) is 0 Å². The normalized spacial score (nSPS) is 36.5. The van der Waals surface area contributed by atoms with Crippen molar-refractivity contribution in [1.82, 2.24) is 0 Å². The summed E-state index contributed by atoms with van der Waals surface area (Å²) < 4.78 is 12.0. The molecule has 2 aliphatic carbocycles. The quantitative estimate of drug-likeness (QED) is 0.519. The summed E-state index contributed by atoms with van der Waals surface area (Å²) in [5.74, 6) is 3.32. The number of hydrogen-bond donors (Lipinski definition) is 0. The molecule has 2 fully saturated rings. The minimum absolute atomic E-state index is 0.709. The predicted octanol–water partition coefficient (Wildman–Crippen LogP) is 6.44. The molecule has 0 radical (unpaired) electrons. The molecule has 0 heterocycles. The highest BCUT2D eigenvalue weighted by molar-refractivity contribution is 5.07. The van der Waals surface area contributed by atoms with E-state index in [-0.39, 0.29) is 0 Å². The van der Waals surface area contributed by atoms with Crippen LogP contribution in [0.3, 0.4) is 0 Å². The van der Waals surface area contributed by atoms with Gasteiger partial charge in [0.25, 0.3) is 0 Å². The maximum Gasteiger partial charge on any atom is 0.0827 e. The van der Waals surface area contributed by atoms with Crippen LogP contribution in [0.4, 0.5) is 4.39 Å². The van der Waals surface area contributed by atoms with E-state index in [1.54, 1.807) is 11.6 Å². The molecule has 2 saturated carbocycles. The summed E-state index contributed by atoms with van der Waals surface area (Å²) in [7, 11) is 0. The van der Waals surface area contributed by atoms with Crippen LogP contribution in [0.25, 0.3) is 0 Å². The summed E-state index contributed by atoms with van der Waals surface area (Å²) in [6, 6.07) is 0. The molecule has 0 aromatic rings. The van der Waals surface area contributed by atoms with Crippen LogP contribution in [0, 0.1) is 23.7 Å². The molecule has 2 aliphatic rings. The van der Waals surface area contributed by atoms with Crippen molar-refractivity contribution < 1.29 is 4.39 Å². The van der Waals surface area contributed by atoms with Crippen molar-refractivity contribution >= 4 is 0 Å². The zero-order valence-corrected chi connectivity index (χ0v) is 13.3. The molecule has 2 rings (SSSR count). The summed E-state index contributed by atoms with van der Waals surface area (Å²) in [6.45, 7) is 4.75. The Bertz CT molecular complexity index is 326. The molecule has 0 amide bonds. The molecular weight excluding hydrogens is 247 g/mol. The molecule has 0 saturated heterocycles. The molecular formula is C19H31F. The fourth-order valence-corrected chi connectivity index (χ4v) is 4.06. The molecule has 1 heteroatoms. The highest BCUT2D eigenvalue weighted by atomic mass is 19.1. The maximum absolute atomic E-state index is 12.0. The first-order valence-electron chi connectivity index (χ1n) is 8.62. The Morgan fingerprint density at radius 1 is 1.00 bits per heavy atom. The number of allylic oxidation sites excluding steroid dienone is 3. The van der Waals surface area contributed by atoms with Crippen molar-refractivity contribution in [2.75, 3.05) is 0 Å². The Labute approximate surface area is 124 Å². The third-order valence-electron chi connectivity index (χ3n) is 5.61. The van der Waals surface area contributed by atoms with Crippen molar-refractivity contribution in [3.05, 3.63) is 24.1 Å². The molecule has 0 aromatic heterocycles. The minimum Gasteiger partial charge on any atom is -0.216 e. The Morgan fingerprint density at radius 2 is 1.65 bits per heavy atom. The van der Waals surface area contributed by atoms with E-state index in [4.69, 9.17) is 0 Å². The van der Waals surface area contributed by atoms with Crippen molar-refractivity contribution in [1.29, 1.82) is 0 Å². The van der Waals surface area contributed by atoms with Crippen LogP contribution >= 0.6 is 0 Å². The molecule has 0 spiro atoms. The fraction of sp³-hybridized carbons (Fsp3) is 0.789. The van der Waals surface area contributed by atoms with Crippen LogP contribution in [0.2, 0.25) is 0 Å². The second kappa shape index (κ2) is 8.00. The van der Waals surface area contributed by atoms with Gasteiger partial charge in [0, 0.05) is 0 Å². The molecule has 114 valence electrons. The van der Waals surface area contributed by atoms with Crippen LogP contribution in [0.1, 0.15) is 71.6 Å². The van der Waals surface area contributed by atoms with Crippen molar-refractivity contribution in [2.24, 2.45) is 23.7 Å². The third kappa shape index (κ3) is 4.75. The van der Waals surface area contributed by atoms with E-state index in [1.165, 1.54) is 51.4 Å².